The van der Waals surface area contributed by atoms with Crippen LogP contribution in [0.1, 0.15) is 78.1 Å². The smallest absolute Gasteiger partial charge is 0.292 e. The Bertz CT molecular complexity index is 1300. The van der Waals surface area contributed by atoms with E-state index in [1.165, 1.54) is 17.5 Å². The van der Waals surface area contributed by atoms with Crippen LogP contribution in [0.4, 0.5) is 8.78 Å². The average molecular weight is 440 g/mol. The van der Waals surface area contributed by atoms with Gasteiger partial charge in [0.05, 0.1) is 17.7 Å². The van der Waals surface area contributed by atoms with E-state index in [2.05, 4.69) is 20.1 Å². The number of oxazole rings is 1. The number of aromatic amines is 1. The van der Waals surface area contributed by atoms with Crippen LogP contribution < -0.4 is 0 Å². The van der Waals surface area contributed by atoms with Crippen LogP contribution in [0, 0.1) is 5.82 Å². The van der Waals surface area contributed by atoms with Crippen LogP contribution in [0.25, 0.3) is 5.52 Å². The fourth-order valence-electron chi connectivity index (χ4n) is 4.08. The Hall–Kier alpha value is -3.56. The zero-order valence-corrected chi connectivity index (χ0v) is 17.8. The van der Waals surface area contributed by atoms with E-state index in [0.717, 1.165) is 5.69 Å². The number of carbonyl (C=O) groups excluding carboxylic acids is 1. The lowest BCUT2D eigenvalue weighted by molar-refractivity contribution is 0.0648. The molecule has 0 spiro atoms. The lowest BCUT2D eigenvalue weighted by atomic mass is 9.99. The molecule has 10 heteroatoms. The number of imidazole rings is 1. The number of hydrogen-bond donors (Lipinski definition) is 1. The maximum atomic E-state index is 14.3. The van der Waals surface area contributed by atoms with Gasteiger partial charge in [-0.05, 0) is 25.1 Å². The summed E-state index contributed by atoms with van der Waals surface area (Å²) < 4.78 is 35.8. The molecular weight excluding hydrogens is 418 g/mol. The van der Waals surface area contributed by atoms with Crippen LogP contribution in [-0.4, -0.2) is 41.9 Å². The van der Waals surface area contributed by atoms with Crippen molar-refractivity contribution in [2.75, 3.05) is 6.54 Å². The van der Waals surface area contributed by atoms with Gasteiger partial charge in [0.2, 0.25) is 5.76 Å². The van der Waals surface area contributed by atoms with Crippen molar-refractivity contribution in [2.24, 2.45) is 0 Å². The summed E-state index contributed by atoms with van der Waals surface area (Å²) >= 11 is 0. The first-order valence-electron chi connectivity index (χ1n) is 10.5. The highest BCUT2D eigenvalue weighted by molar-refractivity contribution is 5.93. The zero-order chi connectivity index (χ0) is 22.6. The van der Waals surface area contributed by atoms with Gasteiger partial charge in [-0.3, -0.25) is 4.79 Å². The van der Waals surface area contributed by atoms with E-state index >= 15 is 0 Å². The van der Waals surface area contributed by atoms with Gasteiger partial charge in [0, 0.05) is 30.8 Å². The number of carbonyl (C=O) groups is 1. The van der Waals surface area contributed by atoms with E-state index in [1.807, 2.05) is 13.8 Å². The predicted octanol–water partition coefficient (Wildman–Crippen LogP) is 4.13. The molecule has 166 valence electrons. The molecule has 5 rings (SSSR count). The Balaban J connectivity index is 1.63. The summed E-state index contributed by atoms with van der Waals surface area (Å²) in [6.45, 7) is 5.37. The van der Waals surface area contributed by atoms with Gasteiger partial charge < -0.3 is 14.3 Å². The molecule has 8 nitrogen and oxygen atoms in total. The number of pyridine rings is 1. The molecule has 0 fully saturated rings. The van der Waals surface area contributed by atoms with Crippen LogP contribution >= 0.6 is 0 Å². The second-order valence-corrected chi connectivity index (χ2v) is 8.21. The first kappa shape index (κ1) is 20.3. The molecular formula is C22H22F2N6O2. The monoisotopic (exact) mass is 440 g/mol. The van der Waals surface area contributed by atoms with Crippen LogP contribution in [0.3, 0.4) is 0 Å². The third kappa shape index (κ3) is 3.17. The van der Waals surface area contributed by atoms with Crippen molar-refractivity contribution in [2.45, 2.75) is 45.3 Å². The highest BCUT2D eigenvalue weighted by Crippen LogP contribution is 2.36. The lowest BCUT2D eigenvalue weighted by Crippen LogP contribution is -2.41. The van der Waals surface area contributed by atoms with E-state index in [1.54, 1.807) is 29.6 Å². The third-order valence-electron chi connectivity index (χ3n) is 5.67. The molecule has 0 radical (unpaired) electrons. The van der Waals surface area contributed by atoms with E-state index in [0.29, 0.717) is 30.2 Å². The summed E-state index contributed by atoms with van der Waals surface area (Å²) in [5.74, 6) is -0.850. The van der Waals surface area contributed by atoms with Gasteiger partial charge in [0.1, 0.15) is 29.2 Å². The number of hydrogen-bond acceptors (Lipinski definition) is 5. The van der Waals surface area contributed by atoms with Gasteiger partial charge in [0.25, 0.3) is 5.91 Å². The summed E-state index contributed by atoms with van der Waals surface area (Å²) in [5, 5.41) is 4.50. The Morgan fingerprint density at radius 1 is 1.34 bits per heavy atom. The molecule has 2 atom stereocenters. The second-order valence-electron chi connectivity index (χ2n) is 8.21. The number of aromatic nitrogens is 5. The Kier molecular flexibility index (Phi) is 4.79. The summed E-state index contributed by atoms with van der Waals surface area (Å²) in [5.41, 5.74) is 2.21. The SMILES string of the molecule is CC(C)c1nc(C(C)F)c(C(=O)N2CCc3[nH]cnc3[C@H]2c2cc3c(F)cccn3n2)o1. The van der Waals surface area contributed by atoms with Gasteiger partial charge in [-0.2, -0.15) is 5.10 Å². The highest BCUT2D eigenvalue weighted by Gasteiger charge is 2.39. The summed E-state index contributed by atoms with van der Waals surface area (Å²) in [6, 6.07) is 3.82. The largest absolute Gasteiger partial charge is 0.435 e. The zero-order valence-electron chi connectivity index (χ0n) is 17.8. The van der Waals surface area contributed by atoms with E-state index in [9.17, 15) is 13.6 Å². The molecule has 0 bridgehead atoms. The number of halogens is 2. The second kappa shape index (κ2) is 7.54. The highest BCUT2D eigenvalue weighted by atomic mass is 19.1. The standard InChI is InChI=1S/C22H22F2N6O2/c1-11(2)21-27-17(12(3)23)20(32-21)22(31)29-8-6-14-18(26-10-25-14)19(29)15-9-16-13(24)5-4-7-30(16)28-15/h4-5,7,9-12,19H,6,8H2,1-3H3,(H,25,26)/t12?,19-/m1/s1. The lowest BCUT2D eigenvalue weighted by Gasteiger charge is -2.33. The minimum absolute atomic E-state index is 0.0219. The molecule has 0 aliphatic carbocycles. The average Bonchev–Trinajstić information content (AvgIpc) is 3.49. The fourth-order valence-corrected chi connectivity index (χ4v) is 4.08. The molecule has 0 saturated carbocycles. The van der Waals surface area contributed by atoms with Crippen LogP contribution in [0.5, 0.6) is 0 Å². The van der Waals surface area contributed by atoms with Crippen molar-refractivity contribution in [1.82, 2.24) is 29.5 Å². The Morgan fingerprint density at radius 2 is 2.16 bits per heavy atom. The molecule has 0 aromatic carbocycles. The number of alkyl halides is 1. The molecule has 0 saturated heterocycles. The maximum absolute atomic E-state index is 14.3. The number of rotatable bonds is 4. The maximum Gasteiger partial charge on any atom is 0.292 e. The first-order valence-corrected chi connectivity index (χ1v) is 10.5. The van der Waals surface area contributed by atoms with Crippen molar-refractivity contribution in [3.63, 3.8) is 0 Å². The van der Waals surface area contributed by atoms with E-state index in [-0.39, 0.29) is 22.9 Å². The van der Waals surface area contributed by atoms with Gasteiger partial charge in [-0.15, -0.1) is 0 Å². The van der Waals surface area contributed by atoms with Crippen LogP contribution in [0.15, 0.2) is 35.1 Å². The van der Waals surface area contributed by atoms with Crippen molar-refractivity contribution >= 4 is 11.4 Å². The molecule has 1 amide bonds. The molecule has 1 unspecified atom stereocenters. The first-order chi connectivity index (χ1) is 15.3. The summed E-state index contributed by atoms with van der Waals surface area (Å²) in [6.07, 6.45) is 2.25. The summed E-state index contributed by atoms with van der Waals surface area (Å²) in [4.78, 5) is 26.9. The van der Waals surface area contributed by atoms with Crippen molar-refractivity contribution in [1.29, 1.82) is 0 Å². The predicted molar refractivity (Wildman–Crippen MR) is 110 cm³/mol. The van der Waals surface area contributed by atoms with Gasteiger partial charge in [-0.1, -0.05) is 13.8 Å². The minimum atomic E-state index is -1.47. The number of fused-ring (bicyclic) bond motifs is 2. The van der Waals surface area contributed by atoms with E-state index in [4.69, 9.17) is 4.42 Å². The molecule has 4 aromatic heterocycles. The number of H-pyrrole nitrogens is 1. The minimum Gasteiger partial charge on any atom is -0.435 e. The van der Waals surface area contributed by atoms with Gasteiger partial charge >= 0.3 is 0 Å². The van der Waals surface area contributed by atoms with Gasteiger partial charge in [-0.25, -0.2) is 23.3 Å². The van der Waals surface area contributed by atoms with Crippen molar-refractivity contribution < 1.29 is 18.0 Å². The normalized spacial score (nSPS) is 17.2. The topological polar surface area (TPSA) is 92.3 Å². The Morgan fingerprint density at radius 3 is 2.88 bits per heavy atom. The van der Waals surface area contributed by atoms with Gasteiger partial charge in [0.15, 0.2) is 5.89 Å². The van der Waals surface area contributed by atoms with Crippen LogP contribution in [-0.2, 0) is 6.42 Å². The molecule has 1 aliphatic heterocycles. The summed E-state index contributed by atoms with van der Waals surface area (Å²) in [7, 11) is 0. The van der Waals surface area contributed by atoms with E-state index < -0.39 is 23.9 Å². The number of amides is 1. The fraction of sp³-hybridized carbons (Fsp3) is 0.364. The van der Waals surface area contributed by atoms with Crippen LogP contribution in [0.2, 0.25) is 0 Å². The quantitative estimate of drug-likeness (QED) is 0.515. The number of nitrogens with zero attached hydrogens (tertiary/aromatic N) is 5. The molecule has 4 aromatic rings. The molecule has 32 heavy (non-hydrogen) atoms. The molecule has 5 heterocycles. The number of nitrogens with one attached hydrogen (secondary N) is 1. The van der Waals surface area contributed by atoms with Crippen molar-refractivity contribution in [3.8, 4) is 0 Å². The molecule has 1 aliphatic rings. The third-order valence-corrected chi connectivity index (χ3v) is 5.67. The van der Waals surface area contributed by atoms with Crippen molar-refractivity contribution in [3.05, 3.63) is 71.0 Å². The molecule has 1 N–H and O–H groups in total. The Labute approximate surface area is 182 Å².